The molecule has 2 heterocycles. The Morgan fingerprint density at radius 2 is 2.00 bits per heavy atom. The minimum absolute atomic E-state index is 0.215. The van der Waals surface area contributed by atoms with Crippen molar-refractivity contribution in [3.8, 4) is 23.0 Å². The predicted octanol–water partition coefficient (Wildman–Crippen LogP) is 1.07. The summed E-state index contributed by atoms with van der Waals surface area (Å²) in [6.07, 6.45) is 0. The fourth-order valence-electron chi connectivity index (χ4n) is 2.14. The van der Waals surface area contributed by atoms with E-state index in [-0.39, 0.29) is 11.4 Å². The highest BCUT2D eigenvalue weighted by Crippen LogP contribution is 2.20. The molecular weight excluding hydrogens is 310 g/mol. The van der Waals surface area contributed by atoms with Crippen LogP contribution in [0.25, 0.3) is 23.0 Å². The maximum Gasteiger partial charge on any atom is 0.278 e. The van der Waals surface area contributed by atoms with Crippen LogP contribution in [0.15, 0.2) is 45.7 Å². The third-order valence-electron chi connectivity index (χ3n) is 3.47. The third kappa shape index (κ3) is 3.39. The zero-order chi connectivity index (χ0) is 16.9. The van der Waals surface area contributed by atoms with E-state index in [0.29, 0.717) is 31.2 Å². The molecule has 1 aromatic carbocycles. The average Bonchev–Trinajstić information content (AvgIpc) is 3.11. The molecule has 0 saturated carbocycles. The molecule has 0 aliphatic heterocycles. The summed E-state index contributed by atoms with van der Waals surface area (Å²) in [6.45, 7) is 1.22. The molecule has 0 aliphatic carbocycles. The number of benzene rings is 1. The monoisotopic (exact) mass is 327 g/mol. The summed E-state index contributed by atoms with van der Waals surface area (Å²) in [7, 11) is 1.56. The predicted molar refractivity (Wildman–Crippen MR) is 87.0 cm³/mol. The summed E-state index contributed by atoms with van der Waals surface area (Å²) in [5.74, 6) is 0.698. The van der Waals surface area contributed by atoms with Crippen molar-refractivity contribution in [2.75, 3.05) is 13.7 Å². The topological polar surface area (TPSA) is 109 Å². The van der Waals surface area contributed by atoms with Crippen LogP contribution in [-0.4, -0.2) is 33.6 Å². The van der Waals surface area contributed by atoms with Crippen molar-refractivity contribution in [1.82, 2.24) is 19.9 Å². The van der Waals surface area contributed by atoms with Gasteiger partial charge in [-0.2, -0.15) is 10.1 Å². The van der Waals surface area contributed by atoms with Crippen molar-refractivity contribution >= 4 is 0 Å². The third-order valence-corrected chi connectivity index (χ3v) is 3.47. The Balaban J connectivity index is 1.88. The van der Waals surface area contributed by atoms with E-state index < -0.39 is 0 Å². The summed E-state index contributed by atoms with van der Waals surface area (Å²) in [6, 6.07) is 10.6. The van der Waals surface area contributed by atoms with Crippen LogP contribution in [0.1, 0.15) is 5.56 Å². The summed E-state index contributed by atoms with van der Waals surface area (Å²) in [5.41, 5.74) is 7.64. The first-order valence-electron chi connectivity index (χ1n) is 7.42. The molecule has 0 aliphatic rings. The number of ether oxygens (including phenoxy) is 1. The summed E-state index contributed by atoms with van der Waals surface area (Å²) >= 11 is 0. The molecule has 0 bridgehead atoms. The van der Waals surface area contributed by atoms with E-state index in [0.717, 1.165) is 11.1 Å². The number of aromatic nitrogens is 4. The average molecular weight is 327 g/mol. The van der Waals surface area contributed by atoms with E-state index in [4.69, 9.17) is 15.0 Å². The van der Waals surface area contributed by atoms with Gasteiger partial charge in [0.15, 0.2) is 0 Å². The molecule has 0 amide bonds. The second-order valence-electron chi connectivity index (χ2n) is 5.10. The van der Waals surface area contributed by atoms with Crippen LogP contribution in [0.4, 0.5) is 0 Å². The minimum atomic E-state index is -0.215. The minimum Gasteiger partial charge on any atom is -0.383 e. The van der Waals surface area contributed by atoms with Gasteiger partial charge in [0, 0.05) is 25.3 Å². The van der Waals surface area contributed by atoms with Crippen LogP contribution in [0.2, 0.25) is 0 Å². The normalized spacial score (nSPS) is 10.9. The molecule has 124 valence electrons. The molecule has 0 saturated heterocycles. The first-order chi connectivity index (χ1) is 11.7. The second-order valence-corrected chi connectivity index (χ2v) is 5.10. The zero-order valence-corrected chi connectivity index (χ0v) is 13.2. The maximum atomic E-state index is 11.8. The van der Waals surface area contributed by atoms with Gasteiger partial charge < -0.3 is 15.0 Å². The summed E-state index contributed by atoms with van der Waals surface area (Å²) in [5, 5.41) is 8.19. The van der Waals surface area contributed by atoms with E-state index in [1.54, 1.807) is 13.2 Å². The molecule has 2 N–H and O–H groups in total. The number of rotatable bonds is 6. The standard InChI is InChI=1S/C16H17N5O3/c1-23-9-8-21-14(22)7-6-13(19-21)16-18-15(20-24-16)12-4-2-11(10-17)3-5-12/h2-7H,8-10,17H2,1H3. The molecule has 0 unspecified atom stereocenters. The van der Waals surface area contributed by atoms with Crippen molar-refractivity contribution in [2.24, 2.45) is 5.73 Å². The van der Waals surface area contributed by atoms with E-state index in [9.17, 15) is 4.79 Å². The Kier molecular flexibility index (Phi) is 4.78. The van der Waals surface area contributed by atoms with Gasteiger partial charge in [0.25, 0.3) is 11.4 Å². The summed E-state index contributed by atoms with van der Waals surface area (Å²) < 4.78 is 11.5. The summed E-state index contributed by atoms with van der Waals surface area (Å²) in [4.78, 5) is 16.1. The molecular formula is C16H17N5O3. The molecule has 8 nitrogen and oxygen atoms in total. The van der Waals surface area contributed by atoms with Gasteiger partial charge in [-0.15, -0.1) is 0 Å². The van der Waals surface area contributed by atoms with Crippen LogP contribution in [0, 0.1) is 0 Å². The Bertz CT molecular complexity index is 870. The lowest BCUT2D eigenvalue weighted by Crippen LogP contribution is -2.24. The van der Waals surface area contributed by atoms with Gasteiger partial charge in [-0.3, -0.25) is 4.79 Å². The van der Waals surface area contributed by atoms with Crippen LogP contribution in [0.5, 0.6) is 0 Å². The molecule has 3 rings (SSSR count). The van der Waals surface area contributed by atoms with Crippen LogP contribution in [-0.2, 0) is 17.8 Å². The molecule has 0 fully saturated rings. The second kappa shape index (κ2) is 7.16. The van der Waals surface area contributed by atoms with Crippen molar-refractivity contribution < 1.29 is 9.26 Å². The Hall–Kier alpha value is -2.84. The van der Waals surface area contributed by atoms with E-state index in [1.165, 1.54) is 10.7 Å². The van der Waals surface area contributed by atoms with Crippen molar-refractivity contribution in [3.63, 3.8) is 0 Å². The zero-order valence-electron chi connectivity index (χ0n) is 13.2. The first-order valence-corrected chi connectivity index (χ1v) is 7.42. The van der Waals surface area contributed by atoms with E-state index in [1.807, 2.05) is 24.3 Å². The fraction of sp³-hybridized carbons (Fsp3) is 0.250. The van der Waals surface area contributed by atoms with Crippen LogP contribution in [0.3, 0.4) is 0 Å². The number of hydrogen-bond donors (Lipinski definition) is 1. The molecule has 3 aromatic rings. The lowest BCUT2D eigenvalue weighted by atomic mass is 10.1. The molecule has 0 radical (unpaired) electrons. The fourth-order valence-corrected chi connectivity index (χ4v) is 2.14. The lowest BCUT2D eigenvalue weighted by Gasteiger charge is -2.03. The highest BCUT2D eigenvalue weighted by molar-refractivity contribution is 5.57. The Morgan fingerprint density at radius 1 is 1.21 bits per heavy atom. The van der Waals surface area contributed by atoms with Gasteiger partial charge in [0.1, 0.15) is 5.69 Å². The molecule has 8 heteroatoms. The van der Waals surface area contributed by atoms with E-state index >= 15 is 0 Å². The lowest BCUT2D eigenvalue weighted by molar-refractivity contribution is 0.182. The van der Waals surface area contributed by atoms with Gasteiger partial charge in [0.2, 0.25) is 5.82 Å². The maximum absolute atomic E-state index is 11.8. The largest absolute Gasteiger partial charge is 0.383 e. The van der Waals surface area contributed by atoms with Crippen molar-refractivity contribution in [2.45, 2.75) is 13.1 Å². The number of methoxy groups -OCH3 is 1. The van der Waals surface area contributed by atoms with Crippen molar-refractivity contribution in [3.05, 3.63) is 52.3 Å². The van der Waals surface area contributed by atoms with Crippen LogP contribution >= 0.6 is 0 Å². The van der Waals surface area contributed by atoms with Gasteiger partial charge >= 0.3 is 0 Å². The molecule has 2 aromatic heterocycles. The molecule has 0 atom stereocenters. The Labute approximate surface area is 137 Å². The molecule has 24 heavy (non-hydrogen) atoms. The number of hydrogen-bond acceptors (Lipinski definition) is 7. The van der Waals surface area contributed by atoms with Gasteiger partial charge in [0.05, 0.1) is 13.2 Å². The SMILES string of the molecule is COCCn1nc(-c2nc(-c3ccc(CN)cc3)no2)ccc1=O. The highest BCUT2D eigenvalue weighted by atomic mass is 16.5. The van der Waals surface area contributed by atoms with Gasteiger partial charge in [-0.1, -0.05) is 29.4 Å². The quantitative estimate of drug-likeness (QED) is 0.721. The van der Waals surface area contributed by atoms with E-state index in [2.05, 4.69) is 15.2 Å². The first kappa shape index (κ1) is 16.0. The van der Waals surface area contributed by atoms with Gasteiger partial charge in [-0.05, 0) is 11.6 Å². The number of nitrogens with two attached hydrogens (primary N) is 1. The highest BCUT2D eigenvalue weighted by Gasteiger charge is 2.13. The smallest absolute Gasteiger partial charge is 0.278 e. The van der Waals surface area contributed by atoms with Crippen LogP contribution < -0.4 is 11.3 Å². The van der Waals surface area contributed by atoms with Gasteiger partial charge in [-0.25, -0.2) is 4.68 Å². The number of nitrogens with zero attached hydrogens (tertiary/aromatic N) is 4. The molecule has 0 spiro atoms. The Morgan fingerprint density at radius 3 is 2.71 bits per heavy atom. The van der Waals surface area contributed by atoms with Crippen molar-refractivity contribution in [1.29, 1.82) is 0 Å².